The zero-order valence-electron chi connectivity index (χ0n) is 17.6. The largest absolute Gasteiger partial charge is 0.416 e. The molecule has 2 aliphatic rings. The van der Waals surface area contributed by atoms with Gasteiger partial charge < -0.3 is 10.6 Å². The maximum absolute atomic E-state index is 13.0. The van der Waals surface area contributed by atoms with Crippen molar-refractivity contribution in [3.8, 4) is 0 Å². The van der Waals surface area contributed by atoms with Crippen LogP contribution < -0.4 is 10.6 Å². The molecule has 1 saturated carbocycles. The van der Waals surface area contributed by atoms with Crippen LogP contribution in [0, 0.1) is 12.8 Å². The number of nitrogens with zero attached hydrogens (tertiary/aromatic N) is 2. The summed E-state index contributed by atoms with van der Waals surface area (Å²) in [5, 5.41) is 6.29. The summed E-state index contributed by atoms with van der Waals surface area (Å²) in [6.07, 6.45) is -1.19. The maximum atomic E-state index is 13.0. The number of aromatic nitrogens is 1. The quantitative estimate of drug-likeness (QED) is 0.676. The lowest BCUT2D eigenvalue weighted by molar-refractivity contribution is -0.137. The first-order valence-corrected chi connectivity index (χ1v) is 11.0. The predicted molar refractivity (Wildman–Crippen MR) is 117 cm³/mol. The topological polar surface area (TPSA) is 66.4 Å². The van der Waals surface area contributed by atoms with Crippen molar-refractivity contribution in [2.45, 2.75) is 51.4 Å². The third kappa shape index (κ3) is 5.06. The van der Waals surface area contributed by atoms with Crippen LogP contribution in [0.15, 0.2) is 35.3 Å². The van der Waals surface area contributed by atoms with E-state index in [1.54, 1.807) is 0 Å². The van der Waals surface area contributed by atoms with Gasteiger partial charge in [0.2, 0.25) is 0 Å². The van der Waals surface area contributed by atoms with Gasteiger partial charge in [0.25, 0.3) is 5.91 Å². The molecule has 1 aromatic heterocycles. The Labute approximate surface area is 189 Å². The summed E-state index contributed by atoms with van der Waals surface area (Å²) < 4.78 is 38.9. The number of aryl methyl sites for hydroxylation is 1. The molecular weight excluding hydrogens is 441 g/mol. The minimum Gasteiger partial charge on any atom is -0.370 e. The van der Waals surface area contributed by atoms with Crippen LogP contribution in [0.3, 0.4) is 0 Å². The van der Waals surface area contributed by atoms with E-state index in [2.05, 4.69) is 20.6 Å². The van der Waals surface area contributed by atoms with Crippen LogP contribution >= 0.6 is 11.6 Å². The number of nitrogens with one attached hydrogen (secondary N) is 2. The van der Waals surface area contributed by atoms with Gasteiger partial charge in [0.15, 0.2) is 0 Å². The van der Waals surface area contributed by atoms with Crippen LogP contribution in [0.4, 0.5) is 13.2 Å². The number of aliphatic imine (C=N–C) groups is 1. The summed E-state index contributed by atoms with van der Waals surface area (Å²) in [6, 6.07) is 6.74. The van der Waals surface area contributed by atoms with Crippen molar-refractivity contribution >= 4 is 23.3 Å². The summed E-state index contributed by atoms with van der Waals surface area (Å²) in [7, 11) is 0. The van der Waals surface area contributed by atoms with Gasteiger partial charge in [-0.05, 0) is 68.9 Å². The molecule has 32 heavy (non-hydrogen) atoms. The van der Waals surface area contributed by atoms with Gasteiger partial charge in [-0.2, -0.15) is 13.2 Å². The molecule has 0 atom stereocenters. The number of carbonyl (C=O) groups excluding carboxylic acids is 1. The molecule has 0 radical (unpaired) electrons. The average molecular weight is 465 g/mol. The number of carbonyl (C=O) groups is 1. The number of rotatable bonds is 4. The summed E-state index contributed by atoms with van der Waals surface area (Å²) in [4.78, 5) is 21.6. The Morgan fingerprint density at radius 2 is 1.91 bits per heavy atom. The predicted octanol–water partition coefficient (Wildman–Crippen LogP) is 4.90. The Kier molecular flexibility index (Phi) is 6.42. The number of alkyl halides is 3. The summed E-state index contributed by atoms with van der Waals surface area (Å²) in [6.45, 7) is 3.34. The first kappa shape index (κ1) is 22.6. The highest BCUT2D eigenvalue weighted by molar-refractivity contribution is 6.33. The molecule has 0 saturated heterocycles. The van der Waals surface area contributed by atoms with Crippen LogP contribution in [0.5, 0.6) is 0 Å². The van der Waals surface area contributed by atoms with Gasteiger partial charge in [-0.15, -0.1) is 0 Å². The minimum atomic E-state index is -4.52. The average Bonchev–Trinajstić information content (AvgIpc) is 3.14. The molecule has 1 amide bonds. The van der Waals surface area contributed by atoms with Gasteiger partial charge >= 0.3 is 6.18 Å². The fraction of sp³-hybridized carbons (Fsp3) is 0.435. The minimum absolute atomic E-state index is 0.00990. The van der Waals surface area contributed by atoms with E-state index >= 15 is 0 Å². The highest BCUT2D eigenvalue weighted by Gasteiger charge is 2.32. The first-order valence-electron chi connectivity index (χ1n) is 10.6. The van der Waals surface area contributed by atoms with Gasteiger partial charge in [0.05, 0.1) is 28.4 Å². The molecule has 9 heteroatoms. The lowest BCUT2D eigenvalue weighted by Gasteiger charge is -2.29. The van der Waals surface area contributed by atoms with Crippen LogP contribution in [0.25, 0.3) is 0 Å². The molecule has 1 aromatic carbocycles. The Bertz CT molecular complexity index is 1050. The standard InChI is InChI=1S/C23H24ClF3N4O/c1-13-2-8-17-20(30-13)12-29-21(17)28-11-14-3-6-16(7-4-14)31-22(32)18-10-15(23(25,26)27)5-9-19(18)24/h2,5,8-10,14,16H,3-4,6-7,11-12H2,1H3,(H,28,29)(H,31,32). The molecule has 1 fully saturated rings. The van der Waals surface area contributed by atoms with Gasteiger partial charge in [0, 0.05) is 23.8 Å². The Morgan fingerprint density at radius 3 is 2.62 bits per heavy atom. The van der Waals surface area contributed by atoms with E-state index in [-0.39, 0.29) is 16.6 Å². The Balaban J connectivity index is 1.27. The smallest absolute Gasteiger partial charge is 0.370 e. The van der Waals surface area contributed by atoms with Crippen LogP contribution in [0.2, 0.25) is 5.02 Å². The summed E-state index contributed by atoms with van der Waals surface area (Å²) in [5.41, 5.74) is 1.99. The van der Waals surface area contributed by atoms with Crippen LogP contribution in [-0.4, -0.2) is 29.3 Å². The second-order valence-electron chi connectivity index (χ2n) is 8.38. The van der Waals surface area contributed by atoms with Crippen molar-refractivity contribution in [3.05, 3.63) is 63.4 Å². The monoisotopic (exact) mass is 464 g/mol. The van der Waals surface area contributed by atoms with E-state index in [1.165, 1.54) is 0 Å². The Morgan fingerprint density at radius 1 is 1.16 bits per heavy atom. The zero-order chi connectivity index (χ0) is 22.9. The molecule has 1 aliphatic carbocycles. The summed E-state index contributed by atoms with van der Waals surface area (Å²) in [5.74, 6) is 0.745. The molecular formula is C23H24ClF3N4O. The van der Waals surface area contributed by atoms with E-state index in [1.807, 2.05) is 19.1 Å². The van der Waals surface area contributed by atoms with Crippen LogP contribution in [-0.2, 0) is 12.7 Å². The van der Waals surface area contributed by atoms with Gasteiger partial charge in [-0.1, -0.05) is 11.6 Å². The number of amides is 1. The molecule has 2 aromatic rings. The van der Waals surface area contributed by atoms with Crippen LogP contribution in [0.1, 0.15) is 58.6 Å². The fourth-order valence-corrected chi connectivity index (χ4v) is 4.43. The molecule has 0 bridgehead atoms. The SMILES string of the molecule is Cc1ccc2c(n1)CN=C2NCC1CCC(NC(=O)c2cc(C(F)(F)F)ccc2Cl)CC1. The summed E-state index contributed by atoms with van der Waals surface area (Å²) >= 11 is 5.98. The molecule has 170 valence electrons. The molecule has 5 nitrogen and oxygen atoms in total. The van der Waals surface area contributed by atoms with Gasteiger partial charge in [0.1, 0.15) is 5.84 Å². The van der Waals surface area contributed by atoms with Crippen molar-refractivity contribution in [1.82, 2.24) is 15.6 Å². The second kappa shape index (κ2) is 9.10. The molecule has 0 spiro atoms. The zero-order valence-corrected chi connectivity index (χ0v) is 18.4. The molecule has 0 unspecified atom stereocenters. The van der Waals surface area contributed by atoms with Gasteiger partial charge in [-0.25, -0.2) is 0 Å². The lowest BCUT2D eigenvalue weighted by Crippen LogP contribution is -2.40. The second-order valence-corrected chi connectivity index (χ2v) is 8.78. The van der Waals surface area contributed by atoms with Gasteiger partial charge in [-0.3, -0.25) is 14.8 Å². The number of benzene rings is 1. The first-order chi connectivity index (χ1) is 15.2. The van der Waals surface area contributed by atoms with E-state index in [0.717, 1.165) is 73.2 Å². The fourth-order valence-electron chi connectivity index (χ4n) is 4.23. The molecule has 4 rings (SSSR count). The Hall–Kier alpha value is -2.61. The van der Waals surface area contributed by atoms with E-state index in [4.69, 9.17) is 11.6 Å². The third-order valence-electron chi connectivity index (χ3n) is 6.03. The normalized spacial score (nSPS) is 20.5. The van der Waals surface area contributed by atoms with Crippen molar-refractivity contribution < 1.29 is 18.0 Å². The number of halogens is 4. The molecule has 2 N–H and O–H groups in total. The molecule has 2 heterocycles. The highest BCUT2D eigenvalue weighted by Crippen LogP contribution is 2.32. The van der Waals surface area contributed by atoms with E-state index in [0.29, 0.717) is 12.5 Å². The van der Waals surface area contributed by atoms with Crippen molar-refractivity contribution in [3.63, 3.8) is 0 Å². The number of hydrogen-bond acceptors (Lipinski definition) is 4. The number of amidine groups is 1. The third-order valence-corrected chi connectivity index (χ3v) is 6.36. The number of hydrogen-bond donors (Lipinski definition) is 2. The van der Waals surface area contributed by atoms with Crippen molar-refractivity contribution in [1.29, 1.82) is 0 Å². The van der Waals surface area contributed by atoms with Crippen molar-refractivity contribution in [2.24, 2.45) is 10.9 Å². The van der Waals surface area contributed by atoms with E-state index in [9.17, 15) is 18.0 Å². The number of pyridine rings is 1. The number of fused-ring (bicyclic) bond motifs is 1. The van der Waals surface area contributed by atoms with E-state index < -0.39 is 17.6 Å². The highest BCUT2D eigenvalue weighted by atomic mass is 35.5. The lowest BCUT2D eigenvalue weighted by atomic mass is 9.85. The van der Waals surface area contributed by atoms with Crippen molar-refractivity contribution in [2.75, 3.05) is 6.54 Å². The molecule has 1 aliphatic heterocycles. The maximum Gasteiger partial charge on any atom is 0.416 e.